The molecule has 202 valence electrons. The Hall–Kier alpha value is -3.40. The van der Waals surface area contributed by atoms with Crippen LogP contribution in [0.5, 0.6) is 5.75 Å². The zero-order valence-corrected chi connectivity index (χ0v) is 23.7. The van der Waals surface area contributed by atoms with Gasteiger partial charge in [-0.15, -0.1) is 0 Å². The molecule has 0 saturated carbocycles. The van der Waals surface area contributed by atoms with E-state index in [-0.39, 0.29) is 35.6 Å². The number of ketones is 1. The summed E-state index contributed by atoms with van der Waals surface area (Å²) in [6.45, 7) is 13.3. The first-order valence-electron chi connectivity index (χ1n) is 13.5. The molecule has 0 spiro atoms. The Kier molecular flexibility index (Phi) is 9.54. The fourth-order valence-electron chi connectivity index (χ4n) is 4.34. The molecule has 38 heavy (non-hydrogen) atoms. The van der Waals surface area contributed by atoms with Gasteiger partial charge >= 0.3 is 5.97 Å². The van der Waals surface area contributed by atoms with Gasteiger partial charge in [0, 0.05) is 18.4 Å². The molecular formula is C34H42O4. The number of carbonyl (C=O) groups is 2. The molecular weight excluding hydrogens is 472 g/mol. The van der Waals surface area contributed by atoms with E-state index in [0.717, 1.165) is 29.7 Å². The molecule has 0 aliphatic carbocycles. The van der Waals surface area contributed by atoms with Crippen molar-refractivity contribution in [2.24, 2.45) is 5.41 Å². The van der Waals surface area contributed by atoms with Crippen LogP contribution in [-0.2, 0) is 10.2 Å². The molecule has 3 aromatic rings. The van der Waals surface area contributed by atoms with E-state index < -0.39 is 5.97 Å². The third-order valence-electron chi connectivity index (χ3n) is 6.77. The van der Waals surface area contributed by atoms with Gasteiger partial charge in [0.1, 0.15) is 11.9 Å². The van der Waals surface area contributed by atoms with Crippen LogP contribution in [0.3, 0.4) is 0 Å². The van der Waals surface area contributed by atoms with Crippen molar-refractivity contribution < 1.29 is 19.4 Å². The number of carbonyl (C=O) groups excluding carboxylic acids is 1. The van der Waals surface area contributed by atoms with Gasteiger partial charge in [-0.05, 0) is 64.5 Å². The minimum absolute atomic E-state index is 0.00750. The molecule has 0 aliphatic rings. The lowest BCUT2D eigenvalue weighted by molar-refractivity contribution is -0.137. The molecule has 0 aliphatic heterocycles. The maximum Gasteiger partial charge on any atom is 0.303 e. The van der Waals surface area contributed by atoms with E-state index >= 15 is 0 Å². The highest BCUT2D eigenvalue weighted by molar-refractivity contribution is 5.96. The first-order valence-corrected chi connectivity index (χ1v) is 13.5. The van der Waals surface area contributed by atoms with Crippen LogP contribution in [0.15, 0.2) is 72.8 Å². The summed E-state index contributed by atoms with van der Waals surface area (Å²) < 4.78 is 6.49. The highest BCUT2D eigenvalue weighted by atomic mass is 16.5. The number of carboxylic acids is 1. The second-order valence-corrected chi connectivity index (χ2v) is 12.4. The quantitative estimate of drug-likeness (QED) is 0.259. The highest BCUT2D eigenvalue weighted by Crippen LogP contribution is 2.33. The van der Waals surface area contributed by atoms with Crippen molar-refractivity contribution in [2.75, 3.05) is 0 Å². The molecule has 0 saturated heterocycles. The second kappa shape index (κ2) is 12.4. The molecule has 0 heterocycles. The number of hydrogen-bond acceptors (Lipinski definition) is 3. The molecule has 3 rings (SSSR count). The van der Waals surface area contributed by atoms with Crippen molar-refractivity contribution >= 4 is 11.8 Å². The number of Topliss-reactive ketones (excluding diaryl/α,β-unsaturated/α-hetero) is 1. The van der Waals surface area contributed by atoms with E-state index in [9.17, 15) is 9.59 Å². The Bertz CT molecular complexity index is 1190. The van der Waals surface area contributed by atoms with Gasteiger partial charge in [0.15, 0.2) is 5.78 Å². The molecule has 0 fully saturated rings. The lowest BCUT2D eigenvalue weighted by atomic mass is 9.86. The van der Waals surface area contributed by atoms with E-state index in [1.807, 2.05) is 36.4 Å². The van der Waals surface area contributed by atoms with Crippen molar-refractivity contribution in [1.29, 1.82) is 0 Å². The predicted octanol–water partition coefficient (Wildman–Crippen LogP) is 9.04. The lowest BCUT2D eigenvalue weighted by Crippen LogP contribution is -2.13. The van der Waals surface area contributed by atoms with Gasteiger partial charge in [-0.3, -0.25) is 9.59 Å². The SMILES string of the molecule is CC(C)(C)CCC(Oc1ccc(-c2ccc(C(C)(C)C)cc2)cc1)c1ccc(C(=O)CCCC(=O)O)cc1. The minimum Gasteiger partial charge on any atom is -0.486 e. The largest absolute Gasteiger partial charge is 0.486 e. The monoisotopic (exact) mass is 514 g/mol. The van der Waals surface area contributed by atoms with Crippen LogP contribution < -0.4 is 4.74 Å². The molecule has 4 heteroatoms. The lowest BCUT2D eigenvalue weighted by Gasteiger charge is -2.25. The van der Waals surface area contributed by atoms with Gasteiger partial charge in [-0.2, -0.15) is 0 Å². The summed E-state index contributed by atoms with van der Waals surface area (Å²) in [6.07, 6.45) is 2.30. The predicted molar refractivity (Wildman–Crippen MR) is 155 cm³/mol. The van der Waals surface area contributed by atoms with Crippen LogP contribution in [-0.4, -0.2) is 16.9 Å². The molecule has 3 aromatic carbocycles. The maximum atomic E-state index is 12.4. The van der Waals surface area contributed by atoms with Crippen molar-refractivity contribution in [3.05, 3.63) is 89.5 Å². The van der Waals surface area contributed by atoms with Crippen LogP contribution in [0.1, 0.15) is 101 Å². The van der Waals surface area contributed by atoms with Gasteiger partial charge in [-0.1, -0.05) is 102 Å². The third kappa shape index (κ3) is 8.86. The molecule has 1 N–H and O–H groups in total. The maximum absolute atomic E-state index is 12.4. The number of ether oxygens (including phenoxy) is 1. The Morgan fingerprint density at radius 1 is 0.763 bits per heavy atom. The van der Waals surface area contributed by atoms with Gasteiger partial charge < -0.3 is 9.84 Å². The number of rotatable bonds is 11. The summed E-state index contributed by atoms with van der Waals surface area (Å²) in [5.74, 6) is -0.0951. The number of carboxylic acid groups (broad SMARTS) is 1. The summed E-state index contributed by atoms with van der Waals surface area (Å²) in [5, 5.41) is 8.81. The minimum atomic E-state index is -0.876. The van der Waals surface area contributed by atoms with E-state index in [0.29, 0.717) is 12.0 Å². The van der Waals surface area contributed by atoms with E-state index in [1.165, 1.54) is 11.1 Å². The standard InChI is InChI=1S/C34H42O4/c1-33(2,3)23-22-31(27-12-10-26(11-13-27)30(35)8-7-9-32(36)37)38-29-20-16-25(17-21-29)24-14-18-28(19-15-24)34(4,5)6/h10-21,31H,7-9,22-23H2,1-6H3,(H,36,37). The summed E-state index contributed by atoms with van der Waals surface area (Å²) in [7, 11) is 0. The number of aliphatic carboxylic acids is 1. The van der Waals surface area contributed by atoms with Crippen LogP contribution in [0.2, 0.25) is 0 Å². The smallest absolute Gasteiger partial charge is 0.303 e. The summed E-state index contributed by atoms with van der Waals surface area (Å²) >= 11 is 0. The summed E-state index contributed by atoms with van der Waals surface area (Å²) in [4.78, 5) is 23.2. The molecule has 1 unspecified atom stereocenters. The molecule has 0 aromatic heterocycles. The van der Waals surface area contributed by atoms with E-state index in [4.69, 9.17) is 9.84 Å². The zero-order valence-electron chi connectivity index (χ0n) is 23.7. The topological polar surface area (TPSA) is 63.6 Å². The average molecular weight is 515 g/mol. The Labute approximate surface area is 228 Å². The Morgan fingerprint density at radius 2 is 1.32 bits per heavy atom. The first kappa shape index (κ1) is 29.2. The summed E-state index contributed by atoms with van der Waals surface area (Å²) in [5.41, 5.74) is 5.58. The van der Waals surface area contributed by atoms with Crippen molar-refractivity contribution in [3.63, 3.8) is 0 Å². The van der Waals surface area contributed by atoms with Crippen LogP contribution in [0, 0.1) is 5.41 Å². The molecule has 4 nitrogen and oxygen atoms in total. The first-order chi connectivity index (χ1) is 17.8. The van der Waals surface area contributed by atoms with Gasteiger partial charge in [0.05, 0.1) is 0 Å². The molecule has 0 amide bonds. The average Bonchev–Trinajstić information content (AvgIpc) is 2.86. The van der Waals surface area contributed by atoms with Crippen molar-refractivity contribution in [3.8, 4) is 16.9 Å². The molecule has 0 radical (unpaired) electrons. The fraction of sp³-hybridized carbons (Fsp3) is 0.412. The normalized spacial score (nSPS) is 12.7. The molecule has 0 bridgehead atoms. The summed E-state index contributed by atoms with van der Waals surface area (Å²) in [6, 6.07) is 24.6. The Morgan fingerprint density at radius 3 is 1.82 bits per heavy atom. The van der Waals surface area contributed by atoms with E-state index in [1.54, 1.807) is 0 Å². The van der Waals surface area contributed by atoms with Crippen LogP contribution in [0.25, 0.3) is 11.1 Å². The zero-order chi connectivity index (χ0) is 27.9. The molecule has 1 atom stereocenters. The van der Waals surface area contributed by atoms with Crippen LogP contribution >= 0.6 is 0 Å². The Balaban J connectivity index is 1.73. The van der Waals surface area contributed by atoms with Gasteiger partial charge in [-0.25, -0.2) is 0 Å². The van der Waals surface area contributed by atoms with Crippen molar-refractivity contribution in [2.45, 2.75) is 85.2 Å². The van der Waals surface area contributed by atoms with Crippen LogP contribution in [0.4, 0.5) is 0 Å². The third-order valence-corrected chi connectivity index (χ3v) is 6.77. The fourth-order valence-corrected chi connectivity index (χ4v) is 4.34. The van der Waals surface area contributed by atoms with Crippen molar-refractivity contribution in [1.82, 2.24) is 0 Å². The van der Waals surface area contributed by atoms with Gasteiger partial charge in [0.2, 0.25) is 0 Å². The number of benzene rings is 3. The number of hydrogen-bond donors (Lipinski definition) is 1. The second-order valence-electron chi connectivity index (χ2n) is 12.4. The van der Waals surface area contributed by atoms with Gasteiger partial charge in [0.25, 0.3) is 0 Å². The van der Waals surface area contributed by atoms with E-state index in [2.05, 4.69) is 77.9 Å². The highest BCUT2D eigenvalue weighted by Gasteiger charge is 2.20.